The van der Waals surface area contributed by atoms with Gasteiger partial charge in [0.1, 0.15) is 5.82 Å². The van der Waals surface area contributed by atoms with Crippen LogP contribution in [0.15, 0.2) is 47.4 Å². The molecule has 0 aliphatic rings. The molecule has 0 aliphatic heterocycles. The molecule has 2 rings (SSSR count). The van der Waals surface area contributed by atoms with Gasteiger partial charge in [0, 0.05) is 6.54 Å². The number of aryl methyl sites for hydroxylation is 2. The van der Waals surface area contributed by atoms with Gasteiger partial charge in [-0.05, 0) is 48.7 Å². The minimum atomic E-state index is -3.64. The maximum Gasteiger partial charge on any atom is 0.241 e. The smallest absolute Gasteiger partial charge is 0.207 e. The van der Waals surface area contributed by atoms with Gasteiger partial charge in [0.2, 0.25) is 10.0 Å². The van der Waals surface area contributed by atoms with E-state index in [9.17, 15) is 12.8 Å². The summed E-state index contributed by atoms with van der Waals surface area (Å²) in [6.45, 7) is 3.71. The molecule has 0 radical (unpaired) electrons. The summed E-state index contributed by atoms with van der Waals surface area (Å²) in [7, 11) is -3.64. The van der Waals surface area contributed by atoms with E-state index in [0.717, 1.165) is 17.2 Å². The second kappa shape index (κ2) is 5.73. The molecule has 0 spiro atoms. The van der Waals surface area contributed by atoms with Crippen LogP contribution >= 0.6 is 0 Å². The number of halogens is 1. The van der Waals surface area contributed by atoms with E-state index in [1.54, 1.807) is 6.92 Å². The lowest BCUT2D eigenvalue weighted by Gasteiger charge is -2.10. The zero-order valence-electron chi connectivity index (χ0n) is 11.4. The Morgan fingerprint density at radius 3 is 2.40 bits per heavy atom. The summed E-state index contributed by atoms with van der Waals surface area (Å²) < 4.78 is 40.0. The molecule has 0 saturated carbocycles. The molecule has 0 bridgehead atoms. The van der Waals surface area contributed by atoms with Crippen molar-refractivity contribution < 1.29 is 12.8 Å². The molecule has 2 aromatic rings. The first-order chi connectivity index (χ1) is 9.40. The average Bonchev–Trinajstić information content (AvgIpc) is 2.37. The molecule has 0 aliphatic carbocycles. The Morgan fingerprint density at radius 1 is 1.05 bits per heavy atom. The van der Waals surface area contributed by atoms with E-state index in [1.807, 2.05) is 31.2 Å². The van der Waals surface area contributed by atoms with Gasteiger partial charge in [0.25, 0.3) is 0 Å². The topological polar surface area (TPSA) is 46.2 Å². The molecule has 106 valence electrons. The Balaban J connectivity index is 2.22. The van der Waals surface area contributed by atoms with Crippen molar-refractivity contribution >= 4 is 10.0 Å². The number of rotatable bonds is 4. The van der Waals surface area contributed by atoms with Gasteiger partial charge in [-0.2, -0.15) is 0 Å². The Morgan fingerprint density at radius 2 is 1.75 bits per heavy atom. The van der Waals surface area contributed by atoms with Crippen LogP contribution in [-0.2, 0) is 16.6 Å². The maximum atomic E-state index is 13.0. The SMILES string of the molecule is Cc1ccccc1CNS(=O)(=O)c1ccc(F)cc1C. The molecule has 0 unspecified atom stereocenters. The van der Waals surface area contributed by atoms with Gasteiger partial charge in [0.05, 0.1) is 4.90 Å². The molecular weight excluding hydrogens is 277 g/mol. The highest BCUT2D eigenvalue weighted by Gasteiger charge is 2.17. The van der Waals surface area contributed by atoms with Crippen LogP contribution in [-0.4, -0.2) is 8.42 Å². The normalized spacial score (nSPS) is 11.6. The minimum Gasteiger partial charge on any atom is -0.207 e. The van der Waals surface area contributed by atoms with Gasteiger partial charge < -0.3 is 0 Å². The van der Waals surface area contributed by atoms with Crippen LogP contribution in [0.1, 0.15) is 16.7 Å². The van der Waals surface area contributed by atoms with Gasteiger partial charge in [-0.1, -0.05) is 24.3 Å². The van der Waals surface area contributed by atoms with Crippen LogP contribution < -0.4 is 4.72 Å². The van der Waals surface area contributed by atoms with E-state index in [0.29, 0.717) is 5.56 Å². The molecule has 20 heavy (non-hydrogen) atoms. The fourth-order valence-electron chi connectivity index (χ4n) is 1.97. The molecule has 0 aromatic heterocycles. The van der Waals surface area contributed by atoms with E-state index >= 15 is 0 Å². The standard InChI is InChI=1S/C15H16FNO2S/c1-11-5-3-4-6-13(11)10-17-20(18,19)15-8-7-14(16)9-12(15)2/h3-9,17H,10H2,1-2H3. The van der Waals surface area contributed by atoms with Gasteiger partial charge in [-0.15, -0.1) is 0 Å². The number of hydrogen-bond donors (Lipinski definition) is 1. The molecule has 0 amide bonds. The van der Waals surface area contributed by atoms with Crippen molar-refractivity contribution in [1.29, 1.82) is 0 Å². The molecule has 5 heteroatoms. The lowest BCUT2D eigenvalue weighted by Crippen LogP contribution is -2.24. The quantitative estimate of drug-likeness (QED) is 0.942. The molecule has 3 nitrogen and oxygen atoms in total. The molecule has 0 saturated heterocycles. The zero-order valence-corrected chi connectivity index (χ0v) is 12.2. The van der Waals surface area contributed by atoms with Crippen LogP contribution in [0.2, 0.25) is 0 Å². The summed E-state index contributed by atoms with van der Waals surface area (Å²) in [4.78, 5) is 0.104. The van der Waals surface area contributed by atoms with Crippen molar-refractivity contribution in [3.63, 3.8) is 0 Å². The first-order valence-electron chi connectivity index (χ1n) is 6.20. The van der Waals surface area contributed by atoms with Crippen LogP contribution in [0.25, 0.3) is 0 Å². The van der Waals surface area contributed by atoms with E-state index in [2.05, 4.69) is 4.72 Å². The first kappa shape index (κ1) is 14.7. The van der Waals surface area contributed by atoms with Crippen molar-refractivity contribution in [3.8, 4) is 0 Å². The summed E-state index contributed by atoms with van der Waals surface area (Å²) in [6, 6.07) is 11.2. The zero-order chi connectivity index (χ0) is 14.8. The van der Waals surface area contributed by atoms with Crippen LogP contribution in [0.4, 0.5) is 4.39 Å². The van der Waals surface area contributed by atoms with Crippen molar-refractivity contribution in [1.82, 2.24) is 4.72 Å². The summed E-state index contributed by atoms with van der Waals surface area (Å²) in [6.07, 6.45) is 0. The third-order valence-electron chi connectivity index (χ3n) is 3.14. The van der Waals surface area contributed by atoms with Gasteiger partial charge >= 0.3 is 0 Å². The molecule has 0 atom stereocenters. The van der Waals surface area contributed by atoms with Gasteiger partial charge in [-0.3, -0.25) is 0 Å². The lowest BCUT2D eigenvalue weighted by molar-refractivity contribution is 0.579. The van der Waals surface area contributed by atoms with Crippen molar-refractivity contribution in [2.75, 3.05) is 0 Å². The van der Waals surface area contributed by atoms with Gasteiger partial charge in [-0.25, -0.2) is 17.5 Å². The second-order valence-electron chi connectivity index (χ2n) is 4.66. The Hall–Kier alpha value is -1.72. The van der Waals surface area contributed by atoms with E-state index in [1.165, 1.54) is 12.1 Å². The summed E-state index contributed by atoms with van der Waals surface area (Å²) in [5.74, 6) is -0.444. The minimum absolute atomic E-state index is 0.104. The summed E-state index contributed by atoms with van der Waals surface area (Å²) >= 11 is 0. The number of nitrogens with one attached hydrogen (secondary N) is 1. The predicted octanol–water partition coefficient (Wildman–Crippen LogP) is 2.92. The Kier molecular flexibility index (Phi) is 4.20. The van der Waals surface area contributed by atoms with E-state index < -0.39 is 15.8 Å². The fraction of sp³-hybridized carbons (Fsp3) is 0.200. The third kappa shape index (κ3) is 3.23. The molecule has 0 fully saturated rings. The summed E-state index contributed by atoms with van der Waals surface area (Å²) in [5.41, 5.74) is 2.32. The van der Waals surface area contributed by atoms with Crippen molar-refractivity contribution in [2.45, 2.75) is 25.3 Å². The fourth-order valence-corrected chi connectivity index (χ4v) is 3.20. The number of sulfonamides is 1. The lowest BCUT2D eigenvalue weighted by atomic mass is 10.1. The van der Waals surface area contributed by atoms with Crippen molar-refractivity contribution in [2.24, 2.45) is 0 Å². The molecule has 2 aromatic carbocycles. The number of hydrogen-bond acceptors (Lipinski definition) is 2. The average molecular weight is 293 g/mol. The van der Waals surface area contributed by atoms with Crippen LogP contribution in [0, 0.1) is 19.7 Å². The Labute approximate surface area is 118 Å². The molecular formula is C15H16FNO2S. The van der Waals surface area contributed by atoms with Crippen LogP contribution in [0.3, 0.4) is 0 Å². The third-order valence-corrected chi connectivity index (χ3v) is 4.70. The largest absolute Gasteiger partial charge is 0.241 e. The highest BCUT2D eigenvalue weighted by atomic mass is 32.2. The second-order valence-corrected chi connectivity index (χ2v) is 6.40. The van der Waals surface area contributed by atoms with Gasteiger partial charge in [0.15, 0.2) is 0 Å². The maximum absolute atomic E-state index is 13.0. The molecule has 0 heterocycles. The highest BCUT2D eigenvalue weighted by Crippen LogP contribution is 2.17. The number of benzene rings is 2. The van der Waals surface area contributed by atoms with Crippen molar-refractivity contribution in [3.05, 3.63) is 65.0 Å². The summed E-state index contributed by atoms with van der Waals surface area (Å²) in [5, 5.41) is 0. The monoisotopic (exact) mass is 293 g/mol. The molecule has 1 N–H and O–H groups in total. The van der Waals surface area contributed by atoms with Crippen LogP contribution in [0.5, 0.6) is 0 Å². The highest BCUT2D eigenvalue weighted by molar-refractivity contribution is 7.89. The Bertz CT molecular complexity index is 726. The van der Waals surface area contributed by atoms with E-state index in [4.69, 9.17) is 0 Å². The predicted molar refractivity (Wildman–Crippen MR) is 76.3 cm³/mol. The first-order valence-corrected chi connectivity index (χ1v) is 7.69. The van der Waals surface area contributed by atoms with E-state index in [-0.39, 0.29) is 11.4 Å².